The van der Waals surface area contributed by atoms with Gasteiger partial charge in [-0.2, -0.15) is 0 Å². The molecular formula is C17H18N4O3. The summed E-state index contributed by atoms with van der Waals surface area (Å²) in [7, 11) is 3.34. The van der Waals surface area contributed by atoms with Crippen molar-refractivity contribution in [3.63, 3.8) is 0 Å². The van der Waals surface area contributed by atoms with Gasteiger partial charge >= 0.3 is 5.69 Å². The Bertz CT molecular complexity index is 1060. The van der Waals surface area contributed by atoms with Crippen molar-refractivity contribution < 1.29 is 5.11 Å². The van der Waals surface area contributed by atoms with Crippen LogP contribution >= 0.6 is 0 Å². The first-order valence-electron chi connectivity index (χ1n) is 7.81. The van der Waals surface area contributed by atoms with Gasteiger partial charge in [0, 0.05) is 30.2 Å². The fraction of sp³-hybridized carbons (Fsp3) is 0.294. The second kappa shape index (κ2) is 5.10. The van der Waals surface area contributed by atoms with Crippen LogP contribution in [0.1, 0.15) is 22.9 Å². The fourth-order valence-electron chi connectivity index (χ4n) is 3.60. The standard InChI is InChI=1S/C17H18N4O3/c1-20-8-7-10-9-5-3-4-6-11(9)18-13(10)14(20)12-15(22)19-17(24)21(2)16(12)23/h3-6,14,18,23H,7-8H2,1-2H3,(H,19,22,24)/t14-/m1/s1. The first-order valence-corrected chi connectivity index (χ1v) is 7.81. The molecule has 2 aromatic heterocycles. The highest BCUT2D eigenvalue weighted by atomic mass is 16.3. The number of aromatic amines is 2. The average molecular weight is 326 g/mol. The van der Waals surface area contributed by atoms with Crippen LogP contribution in [0.25, 0.3) is 10.9 Å². The van der Waals surface area contributed by atoms with E-state index in [0.717, 1.165) is 39.7 Å². The van der Waals surface area contributed by atoms with Gasteiger partial charge in [0.25, 0.3) is 5.56 Å². The Labute approximate surface area is 137 Å². The number of benzene rings is 1. The highest BCUT2D eigenvalue weighted by molar-refractivity contribution is 5.85. The summed E-state index contributed by atoms with van der Waals surface area (Å²) in [5.74, 6) is -0.299. The highest BCUT2D eigenvalue weighted by Crippen LogP contribution is 2.38. The van der Waals surface area contributed by atoms with E-state index in [2.05, 4.69) is 16.0 Å². The van der Waals surface area contributed by atoms with Crippen LogP contribution in [0.5, 0.6) is 5.88 Å². The molecule has 3 N–H and O–H groups in total. The molecule has 3 heterocycles. The number of para-hydroxylation sites is 1. The largest absolute Gasteiger partial charge is 0.494 e. The predicted octanol–water partition coefficient (Wildman–Crippen LogP) is 0.838. The lowest BCUT2D eigenvalue weighted by Crippen LogP contribution is -2.39. The van der Waals surface area contributed by atoms with Gasteiger partial charge in [-0.1, -0.05) is 18.2 Å². The van der Waals surface area contributed by atoms with Crippen LogP contribution in [0.2, 0.25) is 0 Å². The Hall–Kier alpha value is -2.80. The van der Waals surface area contributed by atoms with Crippen LogP contribution in [0.15, 0.2) is 33.9 Å². The topological polar surface area (TPSA) is 94.1 Å². The Morgan fingerprint density at radius 2 is 1.92 bits per heavy atom. The summed E-state index contributed by atoms with van der Waals surface area (Å²) in [4.78, 5) is 31.8. The zero-order chi connectivity index (χ0) is 17.0. The molecule has 0 saturated carbocycles. The molecule has 0 unspecified atom stereocenters. The second-order valence-electron chi connectivity index (χ2n) is 6.25. The quantitative estimate of drug-likeness (QED) is 0.617. The summed E-state index contributed by atoms with van der Waals surface area (Å²) in [6.45, 7) is 0.751. The molecule has 7 heteroatoms. The van der Waals surface area contributed by atoms with Crippen molar-refractivity contribution >= 4 is 10.9 Å². The third kappa shape index (κ3) is 1.94. The van der Waals surface area contributed by atoms with Gasteiger partial charge in [0.1, 0.15) is 5.56 Å². The molecule has 1 aromatic carbocycles. The van der Waals surface area contributed by atoms with Gasteiger partial charge in [-0.15, -0.1) is 0 Å². The van der Waals surface area contributed by atoms with Gasteiger partial charge in [0.15, 0.2) is 0 Å². The van der Waals surface area contributed by atoms with E-state index in [-0.39, 0.29) is 11.4 Å². The molecule has 1 atom stereocenters. The van der Waals surface area contributed by atoms with Gasteiger partial charge in [-0.25, -0.2) is 4.79 Å². The molecule has 1 aliphatic heterocycles. The van der Waals surface area contributed by atoms with Crippen LogP contribution < -0.4 is 11.2 Å². The van der Waals surface area contributed by atoms with E-state index >= 15 is 0 Å². The molecule has 0 aliphatic carbocycles. The van der Waals surface area contributed by atoms with Crippen molar-refractivity contribution in [2.45, 2.75) is 12.5 Å². The third-order valence-corrected chi connectivity index (χ3v) is 4.88. The van der Waals surface area contributed by atoms with Gasteiger partial charge in [-0.05, 0) is 25.1 Å². The number of nitrogens with one attached hydrogen (secondary N) is 2. The predicted molar refractivity (Wildman–Crippen MR) is 90.4 cm³/mol. The second-order valence-corrected chi connectivity index (χ2v) is 6.25. The van der Waals surface area contributed by atoms with E-state index in [0.29, 0.717) is 0 Å². The van der Waals surface area contributed by atoms with Crippen molar-refractivity contribution in [1.82, 2.24) is 19.4 Å². The first-order chi connectivity index (χ1) is 11.5. The summed E-state index contributed by atoms with van der Waals surface area (Å²) < 4.78 is 1.06. The number of rotatable bonds is 1. The van der Waals surface area contributed by atoms with Crippen molar-refractivity contribution in [2.24, 2.45) is 7.05 Å². The number of nitrogens with zero attached hydrogens (tertiary/aromatic N) is 2. The van der Waals surface area contributed by atoms with Gasteiger partial charge in [-0.3, -0.25) is 19.2 Å². The summed E-state index contributed by atoms with van der Waals surface area (Å²) in [6, 6.07) is 7.56. The number of aromatic hydroxyl groups is 1. The Kier molecular flexibility index (Phi) is 3.14. The minimum atomic E-state index is -0.628. The number of H-pyrrole nitrogens is 2. The number of aromatic nitrogens is 3. The summed E-state index contributed by atoms with van der Waals surface area (Å²) >= 11 is 0. The lowest BCUT2D eigenvalue weighted by Gasteiger charge is -2.32. The maximum atomic E-state index is 12.4. The lowest BCUT2D eigenvalue weighted by molar-refractivity contribution is 0.251. The van der Waals surface area contributed by atoms with Crippen LogP contribution in [0, 0.1) is 0 Å². The first kappa shape index (κ1) is 14.8. The van der Waals surface area contributed by atoms with Crippen LogP contribution in [0.4, 0.5) is 0 Å². The van der Waals surface area contributed by atoms with Crippen LogP contribution in [0.3, 0.4) is 0 Å². The summed E-state index contributed by atoms with van der Waals surface area (Å²) in [5, 5.41) is 11.6. The van der Waals surface area contributed by atoms with Crippen LogP contribution in [-0.4, -0.2) is 38.1 Å². The fourth-order valence-corrected chi connectivity index (χ4v) is 3.60. The van der Waals surface area contributed by atoms with E-state index in [1.54, 1.807) is 0 Å². The van der Waals surface area contributed by atoms with Gasteiger partial charge < -0.3 is 10.1 Å². The summed E-state index contributed by atoms with van der Waals surface area (Å²) in [6.07, 6.45) is 0.858. The maximum Gasteiger partial charge on any atom is 0.330 e. The molecular weight excluding hydrogens is 308 g/mol. The molecule has 0 spiro atoms. The molecule has 0 saturated heterocycles. The molecule has 0 bridgehead atoms. The SMILES string of the molecule is CN1CCc2c([nH]c3ccccc23)[C@H]1c1c(O)n(C)c(=O)[nH]c1=O. The van der Waals surface area contributed by atoms with E-state index in [1.165, 1.54) is 7.05 Å². The molecule has 0 amide bonds. The minimum Gasteiger partial charge on any atom is -0.494 e. The Morgan fingerprint density at radius 3 is 2.71 bits per heavy atom. The molecule has 24 heavy (non-hydrogen) atoms. The summed E-state index contributed by atoms with van der Waals surface area (Å²) in [5.41, 5.74) is 2.05. The maximum absolute atomic E-state index is 12.4. The van der Waals surface area contributed by atoms with E-state index in [1.807, 2.05) is 30.1 Å². The Morgan fingerprint density at radius 1 is 1.17 bits per heavy atom. The Balaban J connectivity index is 2.03. The molecule has 0 fully saturated rings. The number of hydrogen-bond acceptors (Lipinski definition) is 4. The van der Waals surface area contributed by atoms with Gasteiger partial charge in [0.2, 0.25) is 5.88 Å². The van der Waals surface area contributed by atoms with Crippen LogP contribution in [-0.2, 0) is 13.5 Å². The van der Waals surface area contributed by atoms with Crippen molar-refractivity contribution in [2.75, 3.05) is 13.6 Å². The smallest absolute Gasteiger partial charge is 0.330 e. The molecule has 7 nitrogen and oxygen atoms in total. The zero-order valence-corrected chi connectivity index (χ0v) is 13.5. The van der Waals surface area contributed by atoms with E-state index < -0.39 is 17.3 Å². The minimum absolute atomic E-state index is 0.187. The van der Waals surface area contributed by atoms with Crippen molar-refractivity contribution in [3.8, 4) is 5.88 Å². The number of hydrogen-bond donors (Lipinski definition) is 3. The van der Waals surface area contributed by atoms with E-state index in [4.69, 9.17) is 0 Å². The molecule has 1 aliphatic rings. The van der Waals surface area contributed by atoms with Crippen molar-refractivity contribution in [3.05, 3.63) is 61.9 Å². The third-order valence-electron chi connectivity index (χ3n) is 4.88. The molecule has 3 aromatic rings. The average Bonchev–Trinajstić information content (AvgIpc) is 2.93. The van der Waals surface area contributed by atoms with E-state index in [9.17, 15) is 14.7 Å². The van der Waals surface area contributed by atoms with Crippen molar-refractivity contribution in [1.29, 1.82) is 0 Å². The normalized spacial score (nSPS) is 18.0. The zero-order valence-electron chi connectivity index (χ0n) is 13.5. The lowest BCUT2D eigenvalue weighted by atomic mass is 9.94. The van der Waals surface area contributed by atoms with Gasteiger partial charge in [0.05, 0.1) is 6.04 Å². The molecule has 0 radical (unpaired) electrons. The molecule has 124 valence electrons. The molecule has 4 rings (SSSR count). The highest BCUT2D eigenvalue weighted by Gasteiger charge is 2.34. The number of likely N-dealkylation sites (N-methyl/N-ethyl adjacent to an activating group) is 1. The monoisotopic (exact) mass is 326 g/mol. The number of fused-ring (bicyclic) bond motifs is 3.